The SMILES string of the molecule is C[C@H]1CN(c2ccc(N3CCN(C(=O)O)c4ccccc43)cc2)C[C@H](C)N1S(C)(=O)=O. The van der Waals surface area contributed by atoms with Crippen LogP contribution in [-0.4, -0.2) is 68.4 Å². The van der Waals surface area contributed by atoms with Crippen LogP contribution < -0.4 is 14.7 Å². The van der Waals surface area contributed by atoms with Gasteiger partial charge in [-0.25, -0.2) is 13.2 Å². The molecule has 8 nitrogen and oxygen atoms in total. The van der Waals surface area contributed by atoms with Crippen molar-refractivity contribution in [3.05, 3.63) is 48.5 Å². The number of amides is 1. The van der Waals surface area contributed by atoms with Crippen LogP contribution in [-0.2, 0) is 10.0 Å². The Labute approximate surface area is 183 Å². The Morgan fingerprint density at radius 2 is 1.45 bits per heavy atom. The number of carboxylic acid groups (broad SMARTS) is 1. The number of sulfonamides is 1. The van der Waals surface area contributed by atoms with Crippen molar-refractivity contribution in [3.8, 4) is 0 Å². The highest BCUT2D eigenvalue weighted by Gasteiger charge is 2.35. The van der Waals surface area contributed by atoms with Gasteiger partial charge in [-0.1, -0.05) is 12.1 Å². The maximum Gasteiger partial charge on any atom is 0.411 e. The molecule has 2 atom stereocenters. The van der Waals surface area contributed by atoms with Crippen molar-refractivity contribution in [1.82, 2.24) is 4.31 Å². The van der Waals surface area contributed by atoms with Gasteiger partial charge in [0.05, 0.1) is 17.6 Å². The molecule has 0 bridgehead atoms. The molecule has 2 aromatic carbocycles. The van der Waals surface area contributed by atoms with Crippen molar-refractivity contribution in [1.29, 1.82) is 0 Å². The van der Waals surface area contributed by atoms with Crippen LogP contribution in [0.25, 0.3) is 0 Å². The third kappa shape index (κ3) is 4.07. The van der Waals surface area contributed by atoms with Gasteiger partial charge >= 0.3 is 6.09 Å². The minimum Gasteiger partial charge on any atom is -0.465 e. The lowest BCUT2D eigenvalue weighted by atomic mass is 10.1. The van der Waals surface area contributed by atoms with Crippen LogP contribution >= 0.6 is 0 Å². The van der Waals surface area contributed by atoms with E-state index < -0.39 is 16.1 Å². The minimum atomic E-state index is -3.24. The van der Waals surface area contributed by atoms with Gasteiger partial charge in [0.2, 0.25) is 10.0 Å². The Morgan fingerprint density at radius 3 is 2.00 bits per heavy atom. The van der Waals surface area contributed by atoms with Gasteiger partial charge in [0.25, 0.3) is 0 Å². The van der Waals surface area contributed by atoms with Crippen molar-refractivity contribution in [2.75, 3.05) is 47.1 Å². The number of rotatable bonds is 3. The van der Waals surface area contributed by atoms with Gasteiger partial charge < -0.3 is 14.9 Å². The first kappa shape index (κ1) is 21.5. The zero-order valence-electron chi connectivity index (χ0n) is 18.0. The van der Waals surface area contributed by atoms with Gasteiger partial charge in [-0.05, 0) is 50.2 Å². The largest absolute Gasteiger partial charge is 0.465 e. The normalized spacial score (nSPS) is 22.4. The molecule has 1 N–H and O–H groups in total. The topological polar surface area (TPSA) is 84.4 Å². The molecule has 0 saturated carbocycles. The summed E-state index contributed by atoms with van der Waals surface area (Å²) >= 11 is 0. The second-order valence-corrected chi connectivity index (χ2v) is 10.2. The molecule has 2 aliphatic heterocycles. The van der Waals surface area contributed by atoms with Crippen LogP contribution in [0.3, 0.4) is 0 Å². The Balaban J connectivity index is 1.56. The first-order valence-electron chi connectivity index (χ1n) is 10.4. The highest BCUT2D eigenvalue weighted by Crippen LogP contribution is 2.38. The van der Waals surface area contributed by atoms with E-state index in [0.29, 0.717) is 31.9 Å². The zero-order chi connectivity index (χ0) is 22.3. The van der Waals surface area contributed by atoms with Crippen LogP contribution in [0.1, 0.15) is 13.8 Å². The van der Waals surface area contributed by atoms with Gasteiger partial charge in [0.1, 0.15) is 0 Å². The fraction of sp³-hybridized carbons (Fsp3) is 0.409. The number of fused-ring (bicyclic) bond motifs is 1. The monoisotopic (exact) mass is 444 g/mol. The Hall–Kier alpha value is -2.78. The van der Waals surface area contributed by atoms with Crippen LogP contribution in [0.5, 0.6) is 0 Å². The first-order valence-corrected chi connectivity index (χ1v) is 12.2. The Bertz CT molecular complexity index is 1060. The molecule has 0 radical (unpaired) electrons. The van der Waals surface area contributed by atoms with E-state index in [1.165, 1.54) is 11.2 Å². The van der Waals surface area contributed by atoms with Gasteiger partial charge in [-0.15, -0.1) is 0 Å². The summed E-state index contributed by atoms with van der Waals surface area (Å²) in [5, 5.41) is 9.49. The summed E-state index contributed by atoms with van der Waals surface area (Å²) in [4.78, 5) is 17.3. The molecule has 2 aromatic rings. The number of anilines is 4. The van der Waals surface area contributed by atoms with E-state index in [1.54, 1.807) is 4.31 Å². The summed E-state index contributed by atoms with van der Waals surface area (Å²) in [5.74, 6) is 0. The van der Waals surface area contributed by atoms with E-state index in [0.717, 1.165) is 17.1 Å². The van der Waals surface area contributed by atoms with Crippen molar-refractivity contribution in [2.45, 2.75) is 25.9 Å². The number of nitrogens with zero attached hydrogens (tertiary/aromatic N) is 4. The molecule has 9 heteroatoms. The molecule has 4 rings (SSSR count). The Kier molecular flexibility index (Phi) is 5.57. The van der Waals surface area contributed by atoms with E-state index in [4.69, 9.17) is 0 Å². The lowest BCUT2D eigenvalue weighted by molar-refractivity contribution is 0.201. The molecule has 0 aromatic heterocycles. The molecule has 166 valence electrons. The maximum atomic E-state index is 12.1. The lowest BCUT2D eigenvalue weighted by Crippen LogP contribution is -2.58. The summed E-state index contributed by atoms with van der Waals surface area (Å²) in [7, 11) is -3.24. The Morgan fingerprint density at radius 1 is 0.903 bits per heavy atom. The van der Waals surface area contributed by atoms with Crippen LogP contribution in [0.4, 0.5) is 27.5 Å². The second-order valence-electron chi connectivity index (χ2n) is 8.29. The fourth-order valence-corrected chi connectivity index (χ4v) is 6.28. The first-order chi connectivity index (χ1) is 14.7. The molecular formula is C22H28N4O4S. The van der Waals surface area contributed by atoms with Crippen molar-refractivity contribution >= 4 is 38.9 Å². The molecule has 0 spiro atoms. The molecule has 2 heterocycles. The predicted octanol–water partition coefficient (Wildman–Crippen LogP) is 3.18. The molecule has 2 aliphatic rings. The summed E-state index contributed by atoms with van der Waals surface area (Å²) in [6, 6.07) is 15.5. The molecule has 0 unspecified atom stereocenters. The molecule has 0 aliphatic carbocycles. The van der Waals surface area contributed by atoms with Crippen LogP contribution in [0, 0.1) is 0 Å². The van der Waals surface area contributed by atoms with Crippen molar-refractivity contribution < 1.29 is 18.3 Å². The smallest absolute Gasteiger partial charge is 0.411 e. The van der Waals surface area contributed by atoms with Gasteiger partial charge in [0.15, 0.2) is 0 Å². The number of hydrogen-bond donors (Lipinski definition) is 1. The average Bonchev–Trinajstić information content (AvgIpc) is 2.71. The van der Waals surface area contributed by atoms with Crippen molar-refractivity contribution in [2.24, 2.45) is 0 Å². The predicted molar refractivity (Wildman–Crippen MR) is 123 cm³/mol. The summed E-state index contributed by atoms with van der Waals surface area (Å²) in [6.45, 7) is 6.13. The van der Waals surface area contributed by atoms with E-state index >= 15 is 0 Å². The average molecular weight is 445 g/mol. The number of carbonyl (C=O) groups is 1. The highest BCUT2D eigenvalue weighted by molar-refractivity contribution is 7.88. The highest BCUT2D eigenvalue weighted by atomic mass is 32.2. The fourth-order valence-electron chi connectivity index (χ4n) is 4.84. The zero-order valence-corrected chi connectivity index (χ0v) is 18.8. The van der Waals surface area contributed by atoms with E-state index in [9.17, 15) is 18.3 Å². The quantitative estimate of drug-likeness (QED) is 0.783. The van der Waals surface area contributed by atoms with E-state index in [1.807, 2.05) is 50.2 Å². The van der Waals surface area contributed by atoms with E-state index in [-0.39, 0.29) is 12.1 Å². The molecule has 1 amide bonds. The molecule has 31 heavy (non-hydrogen) atoms. The standard InChI is InChI=1S/C22H28N4O4S/c1-16-14-23(15-17(2)26(16)31(3,29)30)18-8-10-19(11-9-18)24-12-13-25(22(27)28)21-7-5-4-6-20(21)24/h4-11,16-17H,12-15H2,1-3H3,(H,27,28)/t16-,17-/m0/s1. The molecule has 1 saturated heterocycles. The van der Waals surface area contributed by atoms with Gasteiger partial charge in [-0.2, -0.15) is 4.31 Å². The third-order valence-electron chi connectivity index (χ3n) is 5.99. The number of para-hydroxylation sites is 2. The summed E-state index contributed by atoms with van der Waals surface area (Å²) in [5.41, 5.74) is 3.60. The van der Waals surface area contributed by atoms with E-state index in [2.05, 4.69) is 21.9 Å². The summed E-state index contributed by atoms with van der Waals surface area (Å²) < 4.78 is 25.8. The number of hydrogen-bond acceptors (Lipinski definition) is 5. The van der Waals surface area contributed by atoms with Crippen LogP contribution in [0.15, 0.2) is 48.5 Å². The van der Waals surface area contributed by atoms with Crippen molar-refractivity contribution in [3.63, 3.8) is 0 Å². The summed E-state index contributed by atoms with van der Waals surface area (Å²) in [6.07, 6.45) is 0.325. The van der Waals surface area contributed by atoms with Gasteiger partial charge in [-0.3, -0.25) is 4.90 Å². The van der Waals surface area contributed by atoms with Gasteiger partial charge in [0, 0.05) is 49.6 Å². The number of piperazine rings is 1. The minimum absolute atomic E-state index is 0.102. The third-order valence-corrected chi connectivity index (χ3v) is 7.47. The molecule has 1 fully saturated rings. The lowest BCUT2D eigenvalue weighted by Gasteiger charge is -2.44. The second kappa shape index (κ2) is 8.05. The van der Waals surface area contributed by atoms with Crippen LogP contribution in [0.2, 0.25) is 0 Å². The molecular weight excluding hydrogens is 416 g/mol. The number of benzene rings is 2. The maximum absolute atomic E-state index is 12.1.